The van der Waals surface area contributed by atoms with Crippen molar-refractivity contribution in [3.63, 3.8) is 0 Å². The summed E-state index contributed by atoms with van der Waals surface area (Å²) in [5.74, 6) is -0.682. The average molecular weight is 255 g/mol. The Balaban J connectivity index is 3.27. The average Bonchev–Trinajstić information content (AvgIpc) is 2.04. The summed E-state index contributed by atoms with van der Waals surface area (Å²) in [5, 5.41) is 0.0902. The number of nitrogens with two attached hydrogens (primary N) is 1. The zero-order chi connectivity index (χ0) is 10.0. The van der Waals surface area contributed by atoms with Gasteiger partial charge in [-0.1, -0.05) is 15.9 Å². The maximum atomic E-state index is 12.9. The number of aromatic nitrogens is 1. The second kappa shape index (κ2) is 3.95. The molecule has 2 nitrogen and oxygen atoms in total. The van der Waals surface area contributed by atoms with Crippen molar-refractivity contribution in [2.75, 3.05) is 5.73 Å². The fraction of sp³-hybridized carbons (Fsp3) is 0.286. The molecule has 0 bridgehead atoms. The zero-order valence-corrected chi connectivity index (χ0v) is 7.98. The van der Waals surface area contributed by atoms with Gasteiger partial charge in [0.1, 0.15) is 11.5 Å². The Kier molecular flexibility index (Phi) is 3.13. The van der Waals surface area contributed by atoms with Crippen molar-refractivity contribution in [2.45, 2.75) is 11.8 Å². The van der Waals surface area contributed by atoms with Crippen LogP contribution in [0.5, 0.6) is 0 Å². The minimum absolute atomic E-state index is 0.0188. The van der Waals surface area contributed by atoms with Crippen LogP contribution in [-0.2, 0) is 5.33 Å². The first-order valence-corrected chi connectivity index (χ1v) is 4.47. The first kappa shape index (κ1) is 10.3. The monoisotopic (exact) mass is 254 g/mol. The van der Waals surface area contributed by atoms with Crippen molar-refractivity contribution in [3.05, 3.63) is 23.3 Å². The van der Waals surface area contributed by atoms with E-state index in [9.17, 15) is 13.2 Å². The Bertz CT molecular complexity index is 317. The molecule has 0 aliphatic rings. The van der Waals surface area contributed by atoms with E-state index in [1.807, 2.05) is 0 Å². The van der Waals surface area contributed by atoms with Crippen molar-refractivity contribution in [3.8, 4) is 0 Å². The van der Waals surface area contributed by atoms with Crippen molar-refractivity contribution < 1.29 is 13.2 Å². The molecule has 0 amide bonds. The molecular weight excluding hydrogens is 249 g/mol. The third-order valence-electron chi connectivity index (χ3n) is 1.55. The molecule has 0 saturated heterocycles. The van der Waals surface area contributed by atoms with Gasteiger partial charge in [-0.25, -0.2) is 13.2 Å². The SMILES string of the molecule is Nc1c(C(F)F)ncc(F)c1CBr. The maximum Gasteiger partial charge on any atom is 0.282 e. The molecule has 0 saturated carbocycles. The molecule has 0 radical (unpaired) electrons. The van der Waals surface area contributed by atoms with E-state index in [4.69, 9.17) is 5.73 Å². The van der Waals surface area contributed by atoms with Gasteiger partial charge in [-0.05, 0) is 0 Å². The fourth-order valence-corrected chi connectivity index (χ4v) is 1.44. The Morgan fingerprint density at radius 3 is 2.62 bits per heavy atom. The van der Waals surface area contributed by atoms with Crippen LogP contribution in [0.1, 0.15) is 17.7 Å². The molecule has 0 fully saturated rings. The lowest BCUT2D eigenvalue weighted by atomic mass is 10.2. The van der Waals surface area contributed by atoms with Gasteiger partial charge in [0.25, 0.3) is 6.43 Å². The third-order valence-corrected chi connectivity index (χ3v) is 2.11. The van der Waals surface area contributed by atoms with Crippen LogP contribution in [0.4, 0.5) is 18.9 Å². The van der Waals surface area contributed by atoms with Gasteiger partial charge in [-0.2, -0.15) is 0 Å². The Morgan fingerprint density at radius 2 is 2.15 bits per heavy atom. The van der Waals surface area contributed by atoms with Crippen LogP contribution in [0.2, 0.25) is 0 Å². The van der Waals surface area contributed by atoms with E-state index in [0.717, 1.165) is 6.20 Å². The van der Waals surface area contributed by atoms with E-state index in [1.54, 1.807) is 0 Å². The summed E-state index contributed by atoms with van der Waals surface area (Å²) in [7, 11) is 0. The highest BCUT2D eigenvalue weighted by Gasteiger charge is 2.17. The predicted octanol–water partition coefficient (Wildman–Crippen LogP) is 2.64. The molecule has 1 aromatic rings. The lowest BCUT2D eigenvalue weighted by Gasteiger charge is -2.07. The first-order chi connectivity index (χ1) is 6.07. The number of hydrogen-bond donors (Lipinski definition) is 1. The number of alkyl halides is 3. The maximum absolute atomic E-state index is 12.9. The van der Waals surface area contributed by atoms with Crippen LogP contribution in [0.15, 0.2) is 6.20 Å². The summed E-state index contributed by atoms with van der Waals surface area (Å²) in [6.45, 7) is 0. The largest absolute Gasteiger partial charge is 0.397 e. The van der Waals surface area contributed by atoms with Gasteiger partial charge in [0.15, 0.2) is 0 Å². The predicted molar refractivity (Wildman–Crippen MR) is 46.2 cm³/mol. The lowest BCUT2D eigenvalue weighted by Crippen LogP contribution is -2.04. The van der Waals surface area contributed by atoms with Crippen LogP contribution < -0.4 is 5.73 Å². The number of rotatable bonds is 2. The standard InChI is InChI=1S/C7H6BrF3N2/c8-1-3-4(9)2-13-6(5(3)12)7(10)11/h2,7H,1,12H2. The molecule has 0 aliphatic carbocycles. The normalized spacial score (nSPS) is 10.8. The second-order valence-corrected chi connectivity index (χ2v) is 2.88. The molecule has 2 N–H and O–H groups in total. The number of halogens is 4. The molecule has 0 unspecified atom stereocenters. The molecule has 1 heterocycles. The number of pyridine rings is 1. The van der Waals surface area contributed by atoms with Crippen LogP contribution in [0, 0.1) is 5.82 Å². The van der Waals surface area contributed by atoms with Crippen LogP contribution in [0.3, 0.4) is 0 Å². The van der Waals surface area contributed by atoms with Gasteiger partial charge in [0.05, 0.1) is 11.9 Å². The molecule has 0 aromatic carbocycles. The molecule has 0 spiro atoms. The molecule has 72 valence electrons. The summed E-state index contributed by atoms with van der Waals surface area (Å²) in [5.41, 5.74) is 4.44. The summed E-state index contributed by atoms with van der Waals surface area (Å²) in [4.78, 5) is 3.22. The first-order valence-electron chi connectivity index (χ1n) is 3.34. The van der Waals surface area contributed by atoms with Crippen LogP contribution in [-0.4, -0.2) is 4.98 Å². The number of hydrogen-bond acceptors (Lipinski definition) is 2. The van der Waals surface area contributed by atoms with E-state index in [1.165, 1.54) is 0 Å². The minimum atomic E-state index is -2.78. The summed E-state index contributed by atoms with van der Waals surface area (Å²) in [6, 6.07) is 0. The van der Waals surface area contributed by atoms with E-state index in [0.29, 0.717) is 0 Å². The minimum Gasteiger partial charge on any atom is -0.397 e. The molecule has 1 aromatic heterocycles. The summed E-state index contributed by atoms with van der Waals surface area (Å²) >= 11 is 2.95. The second-order valence-electron chi connectivity index (χ2n) is 2.32. The lowest BCUT2D eigenvalue weighted by molar-refractivity contribution is 0.147. The summed E-state index contributed by atoms with van der Waals surface area (Å²) in [6.07, 6.45) is -2.03. The molecule has 1 rings (SSSR count). The number of anilines is 1. The van der Waals surface area contributed by atoms with Gasteiger partial charge in [0.2, 0.25) is 0 Å². The smallest absolute Gasteiger partial charge is 0.282 e. The highest BCUT2D eigenvalue weighted by molar-refractivity contribution is 9.08. The van der Waals surface area contributed by atoms with Gasteiger partial charge < -0.3 is 5.73 Å². The van der Waals surface area contributed by atoms with E-state index >= 15 is 0 Å². The zero-order valence-electron chi connectivity index (χ0n) is 6.40. The molecule has 0 atom stereocenters. The van der Waals surface area contributed by atoms with Crippen LogP contribution in [0.25, 0.3) is 0 Å². The van der Waals surface area contributed by atoms with Crippen molar-refractivity contribution in [2.24, 2.45) is 0 Å². The Labute approximate surface area is 81.1 Å². The van der Waals surface area contributed by atoms with Crippen LogP contribution >= 0.6 is 15.9 Å². The third kappa shape index (κ3) is 1.93. The molecular formula is C7H6BrF3N2. The van der Waals surface area contributed by atoms with Gasteiger partial charge in [0, 0.05) is 10.9 Å². The number of nitrogens with zero attached hydrogens (tertiary/aromatic N) is 1. The van der Waals surface area contributed by atoms with E-state index in [-0.39, 0.29) is 16.6 Å². The molecule has 13 heavy (non-hydrogen) atoms. The topological polar surface area (TPSA) is 38.9 Å². The quantitative estimate of drug-likeness (QED) is 0.825. The van der Waals surface area contributed by atoms with Crippen molar-refractivity contribution >= 4 is 21.6 Å². The van der Waals surface area contributed by atoms with E-state index < -0.39 is 17.9 Å². The Morgan fingerprint density at radius 1 is 1.54 bits per heavy atom. The van der Waals surface area contributed by atoms with Gasteiger partial charge in [-0.3, -0.25) is 4.98 Å². The highest BCUT2D eigenvalue weighted by atomic mass is 79.9. The molecule has 0 aliphatic heterocycles. The van der Waals surface area contributed by atoms with Gasteiger partial charge >= 0.3 is 0 Å². The number of nitrogen functional groups attached to an aromatic ring is 1. The summed E-state index contributed by atoms with van der Waals surface area (Å²) < 4.78 is 37.3. The fourth-order valence-electron chi connectivity index (χ4n) is 0.867. The highest BCUT2D eigenvalue weighted by Crippen LogP contribution is 2.28. The van der Waals surface area contributed by atoms with Gasteiger partial charge in [-0.15, -0.1) is 0 Å². The van der Waals surface area contributed by atoms with E-state index in [2.05, 4.69) is 20.9 Å². The van der Waals surface area contributed by atoms with Crippen molar-refractivity contribution in [1.29, 1.82) is 0 Å². The van der Waals surface area contributed by atoms with Crippen molar-refractivity contribution in [1.82, 2.24) is 4.98 Å². The Hall–Kier alpha value is -0.780. The molecule has 6 heteroatoms.